The average Bonchev–Trinajstić information content (AvgIpc) is 2.83. The summed E-state index contributed by atoms with van der Waals surface area (Å²) in [4.78, 5) is 0. The Morgan fingerprint density at radius 2 is 1.45 bits per heavy atom. The van der Waals surface area contributed by atoms with Gasteiger partial charge in [0, 0.05) is 0 Å². The Balaban J connectivity index is 1.25. The second kappa shape index (κ2) is 13.8. The molecule has 0 radical (unpaired) electrons. The van der Waals surface area contributed by atoms with Crippen LogP contribution in [0, 0.1) is 29.1 Å². The van der Waals surface area contributed by atoms with Gasteiger partial charge < -0.3 is 0 Å². The minimum atomic E-state index is 0.763. The average molecular weight is 420 g/mol. The number of nitriles is 1. The van der Waals surface area contributed by atoms with Gasteiger partial charge in [-0.15, -0.1) is 0 Å². The van der Waals surface area contributed by atoms with Gasteiger partial charge in [0.2, 0.25) is 0 Å². The Morgan fingerprint density at radius 1 is 0.774 bits per heavy atom. The van der Waals surface area contributed by atoms with Crippen LogP contribution in [0.4, 0.5) is 0 Å². The lowest BCUT2D eigenvalue weighted by Gasteiger charge is -2.30. The molecule has 1 aromatic carbocycles. The largest absolute Gasteiger partial charge is 0.192 e. The van der Waals surface area contributed by atoms with Crippen LogP contribution in [-0.4, -0.2) is 0 Å². The van der Waals surface area contributed by atoms with E-state index in [4.69, 9.17) is 5.26 Å². The lowest BCUT2D eigenvalue weighted by molar-refractivity contribution is 0.234. The number of nitrogens with zero attached hydrogens (tertiary/aromatic N) is 1. The highest BCUT2D eigenvalue weighted by Crippen LogP contribution is 2.37. The summed E-state index contributed by atoms with van der Waals surface area (Å²) in [5, 5.41) is 8.92. The Hall–Kier alpha value is -1.55. The fraction of sp³-hybridized carbons (Fsp3) is 0.700. The molecule has 1 aromatic rings. The lowest BCUT2D eigenvalue weighted by atomic mass is 9.76. The molecule has 31 heavy (non-hydrogen) atoms. The SMILES string of the molecule is CCCCCCC[C@H]1CC[C@H](CCC2CC=C(CCc3ccc(C#N)cc3)CC2)CC1. The molecule has 1 unspecified atom stereocenters. The Kier molecular flexibility index (Phi) is 10.7. The number of unbranched alkanes of at least 4 members (excludes halogenated alkanes) is 4. The molecular weight excluding hydrogens is 374 g/mol. The summed E-state index contributed by atoms with van der Waals surface area (Å²) in [7, 11) is 0. The zero-order chi connectivity index (χ0) is 21.7. The van der Waals surface area contributed by atoms with E-state index in [9.17, 15) is 0 Å². The van der Waals surface area contributed by atoms with Crippen molar-refractivity contribution in [2.24, 2.45) is 17.8 Å². The van der Waals surface area contributed by atoms with Gasteiger partial charge in [0.1, 0.15) is 0 Å². The van der Waals surface area contributed by atoms with Gasteiger partial charge in [0.25, 0.3) is 0 Å². The fourth-order valence-electron chi connectivity index (χ4n) is 5.80. The number of allylic oxidation sites excluding steroid dienone is 2. The van der Waals surface area contributed by atoms with Crippen molar-refractivity contribution in [3.8, 4) is 6.07 Å². The van der Waals surface area contributed by atoms with E-state index in [-0.39, 0.29) is 0 Å². The van der Waals surface area contributed by atoms with Crippen molar-refractivity contribution >= 4 is 0 Å². The van der Waals surface area contributed by atoms with E-state index in [0.29, 0.717) is 0 Å². The number of rotatable bonds is 12. The summed E-state index contributed by atoms with van der Waals surface area (Å²) in [6.07, 6.45) is 26.6. The van der Waals surface area contributed by atoms with Crippen molar-refractivity contribution < 1.29 is 0 Å². The first kappa shape index (κ1) is 24.1. The van der Waals surface area contributed by atoms with Crippen molar-refractivity contribution in [1.29, 1.82) is 5.26 Å². The Bertz CT molecular complexity index is 684. The number of hydrogen-bond acceptors (Lipinski definition) is 1. The highest BCUT2D eigenvalue weighted by atomic mass is 14.3. The van der Waals surface area contributed by atoms with Gasteiger partial charge in [0.15, 0.2) is 0 Å². The van der Waals surface area contributed by atoms with Gasteiger partial charge in [-0.05, 0) is 74.0 Å². The van der Waals surface area contributed by atoms with E-state index >= 15 is 0 Å². The standard InChI is InChI=1S/C30H45N/c1-2-3-4-5-6-7-25-8-10-26(11-9-25)12-13-27-14-16-28(17-15-27)18-19-29-20-22-30(24-31)23-21-29/h16,20-23,25-27H,2-15,17-19H2,1H3/t25-,26-,27?. The molecule has 1 atom stereocenters. The molecule has 0 heterocycles. The third-order valence-electron chi connectivity index (χ3n) is 8.10. The van der Waals surface area contributed by atoms with Crippen LogP contribution >= 0.6 is 0 Å². The second-order valence-corrected chi connectivity index (χ2v) is 10.5. The van der Waals surface area contributed by atoms with Gasteiger partial charge in [0.05, 0.1) is 11.6 Å². The van der Waals surface area contributed by atoms with E-state index in [0.717, 1.165) is 29.7 Å². The van der Waals surface area contributed by atoms with Crippen LogP contribution < -0.4 is 0 Å². The summed E-state index contributed by atoms with van der Waals surface area (Å²) in [5.74, 6) is 3.02. The third kappa shape index (κ3) is 8.84. The van der Waals surface area contributed by atoms with Crippen molar-refractivity contribution in [3.05, 3.63) is 47.0 Å². The Labute approximate surface area is 192 Å². The summed E-state index contributed by atoms with van der Waals surface area (Å²) < 4.78 is 0. The van der Waals surface area contributed by atoms with E-state index < -0.39 is 0 Å². The normalized spacial score (nSPS) is 23.9. The zero-order valence-electron chi connectivity index (χ0n) is 20.1. The topological polar surface area (TPSA) is 23.8 Å². The van der Waals surface area contributed by atoms with E-state index in [1.807, 2.05) is 12.1 Å². The van der Waals surface area contributed by atoms with Gasteiger partial charge >= 0.3 is 0 Å². The summed E-state index contributed by atoms with van der Waals surface area (Å²) in [6.45, 7) is 2.31. The van der Waals surface area contributed by atoms with Crippen LogP contribution in [0.2, 0.25) is 0 Å². The number of aryl methyl sites for hydroxylation is 1. The highest BCUT2D eigenvalue weighted by Gasteiger charge is 2.22. The highest BCUT2D eigenvalue weighted by molar-refractivity contribution is 5.32. The van der Waals surface area contributed by atoms with Crippen LogP contribution in [0.5, 0.6) is 0 Å². The third-order valence-corrected chi connectivity index (χ3v) is 8.10. The maximum Gasteiger partial charge on any atom is 0.0991 e. The van der Waals surface area contributed by atoms with E-state index in [1.54, 1.807) is 5.57 Å². The molecule has 0 saturated heterocycles. The first-order valence-corrected chi connectivity index (χ1v) is 13.4. The molecule has 2 aliphatic carbocycles. The molecule has 3 rings (SSSR count). The predicted octanol–water partition coefficient (Wildman–Crippen LogP) is 9.16. The Morgan fingerprint density at radius 3 is 2.10 bits per heavy atom. The van der Waals surface area contributed by atoms with E-state index in [2.05, 4.69) is 31.2 Å². The molecule has 0 bridgehead atoms. The minimum Gasteiger partial charge on any atom is -0.192 e. The van der Waals surface area contributed by atoms with Gasteiger partial charge in [-0.2, -0.15) is 5.26 Å². The van der Waals surface area contributed by atoms with Gasteiger partial charge in [-0.1, -0.05) is 101 Å². The number of hydrogen-bond donors (Lipinski definition) is 0. The minimum absolute atomic E-state index is 0.763. The van der Waals surface area contributed by atoms with Crippen molar-refractivity contribution in [2.45, 2.75) is 116 Å². The zero-order valence-corrected chi connectivity index (χ0v) is 20.1. The molecule has 1 nitrogen and oxygen atoms in total. The first-order valence-electron chi connectivity index (χ1n) is 13.4. The van der Waals surface area contributed by atoms with Crippen LogP contribution in [0.15, 0.2) is 35.9 Å². The molecule has 0 amide bonds. The molecule has 0 aromatic heterocycles. The summed E-state index contributed by atoms with van der Waals surface area (Å²) in [5.41, 5.74) is 3.79. The quantitative estimate of drug-likeness (QED) is 0.245. The second-order valence-electron chi connectivity index (χ2n) is 10.5. The summed E-state index contributed by atoms with van der Waals surface area (Å²) in [6, 6.07) is 10.3. The maximum atomic E-state index is 8.92. The van der Waals surface area contributed by atoms with Crippen molar-refractivity contribution in [3.63, 3.8) is 0 Å². The molecule has 1 saturated carbocycles. The molecule has 0 spiro atoms. The van der Waals surface area contributed by atoms with Gasteiger partial charge in [-0.3, -0.25) is 0 Å². The molecule has 0 aliphatic heterocycles. The first-order chi connectivity index (χ1) is 15.3. The van der Waals surface area contributed by atoms with Crippen LogP contribution in [-0.2, 0) is 6.42 Å². The van der Waals surface area contributed by atoms with Crippen molar-refractivity contribution in [2.75, 3.05) is 0 Å². The molecular formula is C30H45N. The van der Waals surface area contributed by atoms with Crippen LogP contribution in [0.1, 0.15) is 121 Å². The van der Waals surface area contributed by atoms with Crippen LogP contribution in [0.3, 0.4) is 0 Å². The predicted molar refractivity (Wildman–Crippen MR) is 133 cm³/mol. The molecule has 1 fully saturated rings. The maximum absolute atomic E-state index is 8.92. The van der Waals surface area contributed by atoms with Crippen LogP contribution in [0.25, 0.3) is 0 Å². The monoisotopic (exact) mass is 419 g/mol. The molecule has 0 N–H and O–H groups in total. The molecule has 2 aliphatic rings. The molecule has 1 heteroatoms. The van der Waals surface area contributed by atoms with E-state index in [1.165, 1.54) is 108 Å². The lowest BCUT2D eigenvalue weighted by Crippen LogP contribution is -2.16. The summed E-state index contributed by atoms with van der Waals surface area (Å²) >= 11 is 0. The van der Waals surface area contributed by atoms with Crippen molar-refractivity contribution in [1.82, 2.24) is 0 Å². The van der Waals surface area contributed by atoms with Gasteiger partial charge in [-0.25, -0.2) is 0 Å². The molecule has 170 valence electrons. The smallest absolute Gasteiger partial charge is 0.0991 e. The fourth-order valence-corrected chi connectivity index (χ4v) is 5.80. The number of benzene rings is 1.